The van der Waals surface area contributed by atoms with Crippen molar-refractivity contribution in [1.29, 1.82) is 0 Å². The van der Waals surface area contributed by atoms with Gasteiger partial charge in [0.2, 0.25) is 0 Å². The molecule has 2 heterocycles. The van der Waals surface area contributed by atoms with Crippen LogP contribution < -0.4 is 0 Å². The van der Waals surface area contributed by atoms with Crippen LogP contribution in [0.15, 0.2) is 55.0 Å². The van der Waals surface area contributed by atoms with Crippen molar-refractivity contribution in [3.63, 3.8) is 0 Å². The Bertz CT molecular complexity index is 566. The second kappa shape index (κ2) is 3.66. The molecule has 3 rings (SSSR count). The normalized spacial score (nSPS) is 10.5. The minimum Gasteiger partial charge on any atom is -0.284 e. The summed E-state index contributed by atoms with van der Waals surface area (Å²) in [5.41, 5.74) is 1.09. The first-order valence-corrected chi connectivity index (χ1v) is 5.04. The molecule has 4 heteroatoms. The molecular formula is C12H10N4. The van der Waals surface area contributed by atoms with E-state index >= 15 is 0 Å². The number of hydrogen-bond acceptors (Lipinski definition) is 2. The van der Waals surface area contributed by atoms with E-state index in [4.69, 9.17) is 0 Å². The molecule has 0 fully saturated rings. The highest BCUT2D eigenvalue weighted by molar-refractivity contribution is 5.57. The number of H-pyrrole nitrogens is 1. The van der Waals surface area contributed by atoms with Crippen LogP contribution in [0.2, 0.25) is 0 Å². The molecule has 1 aromatic carbocycles. The Balaban J connectivity index is 2.14. The van der Waals surface area contributed by atoms with Gasteiger partial charge in [0.25, 0.3) is 0 Å². The van der Waals surface area contributed by atoms with E-state index in [1.54, 1.807) is 12.4 Å². The predicted molar refractivity (Wildman–Crippen MR) is 61.1 cm³/mol. The third-order valence-corrected chi connectivity index (χ3v) is 2.42. The SMILES string of the molecule is c1ccc(-c2nccn2-c2ccn[nH]2)cc1. The molecule has 78 valence electrons. The molecule has 0 aliphatic carbocycles. The predicted octanol–water partition coefficient (Wildman–Crippen LogP) is 2.26. The quantitative estimate of drug-likeness (QED) is 0.705. The summed E-state index contributed by atoms with van der Waals surface area (Å²) < 4.78 is 1.97. The first-order valence-electron chi connectivity index (χ1n) is 5.04. The maximum absolute atomic E-state index is 4.36. The van der Waals surface area contributed by atoms with Gasteiger partial charge in [0.1, 0.15) is 11.6 Å². The molecule has 0 radical (unpaired) electrons. The third-order valence-electron chi connectivity index (χ3n) is 2.42. The van der Waals surface area contributed by atoms with Crippen LogP contribution in [-0.4, -0.2) is 19.7 Å². The minimum atomic E-state index is 0.907. The summed E-state index contributed by atoms with van der Waals surface area (Å²) in [6.45, 7) is 0. The minimum absolute atomic E-state index is 0.907. The number of aromatic amines is 1. The first-order chi connectivity index (χ1) is 7.95. The average Bonchev–Trinajstić information content (AvgIpc) is 3.01. The molecule has 0 amide bonds. The number of benzene rings is 1. The number of hydrogen-bond donors (Lipinski definition) is 1. The zero-order valence-electron chi connectivity index (χ0n) is 8.54. The topological polar surface area (TPSA) is 46.5 Å². The molecule has 0 atom stereocenters. The summed E-state index contributed by atoms with van der Waals surface area (Å²) in [4.78, 5) is 4.36. The van der Waals surface area contributed by atoms with Gasteiger partial charge < -0.3 is 0 Å². The molecule has 0 aliphatic heterocycles. The average molecular weight is 210 g/mol. The molecule has 0 bridgehead atoms. The van der Waals surface area contributed by atoms with Crippen LogP contribution >= 0.6 is 0 Å². The Hall–Kier alpha value is -2.36. The summed E-state index contributed by atoms with van der Waals surface area (Å²) in [5.74, 6) is 1.82. The molecular weight excluding hydrogens is 200 g/mol. The second-order valence-corrected chi connectivity index (χ2v) is 3.43. The zero-order chi connectivity index (χ0) is 10.8. The highest BCUT2D eigenvalue weighted by Gasteiger charge is 2.07. The van der Waals surface area contributed by atoms with E-state index < -0.39 is 0 Å². The Kier molecular flexibility index (Phi) is 2.04. The first kappa shape index (κ1) is 8.91. The van der Waals surface area contributed by atoms with Crippen molar-refractivity contribution in [3.05, 3.63) is 55.0 Å². The highest BCUT2D eigenvalue weighted by Crippen LogP contribution is 2.19. The number of rotatable bonds is 2. The van der Waals surface area contributed by atoms with E-state index in [9.17, 15) is 0 Å². The van der Waals surface area contributed by atoms with Crippen molar-refractivity contribution < 1.29 is 0 Å². The summed E-state index contributed by atoms with van der Waals surface area (Å²) in [5, 5.41) is 6.86. The maximum atomic E-state index is 4.36. The molecule has 16 heavy (non-hydrogen) atoms. The smallest absolute Gasteiger partial charge is 0.145 e. The lowest BCUT2D eigenvalue weighted by Crippen LogP contribution is -1.96. The zero-order valence-corrected chi connectivity index (χ0v) is 8.54. The lowest BCUT2D eigenvalue weighted by Gasteiger charge is -2.04. The van der Waals surface area contributed by atoms with E-state index in [1.807, 2.05) is 47.2 Å². The molecule has 3 aromatic rings. The van der Waals surface area contributed by atoms with E-state index in [2.05, 4.69) is 15.2 Å². The lowest BCUT2D eigenvalue weighted by molar-refractivity contribution is 0.963. The van der Waals surface area contributed by atoms with Gasteiger partial charge >= 0.3 is 0 Å². The number of aromatic nitrogens is 4. The van der Waals surface area contributed by atoms with Gasteiger partial charge in [0.05, 0.1) is 6.20 Å². The van der Waals surface area contributed by atoms with Gasteiger partial charge in [-0.05, 0) is 0 Å². The molecule has 1 N–H and O–H groups in total. The molecule has 0 unspecified atom stereocenters. The van der Waals surface area contributed by atoms with Crippen LogP contribution in [0.4, 0.5) is 0 Å². The van der Waals surface area contributed by atoms with Crippen LogP contribution in [0.25, 0.3) is 17.2 Å². The fourth-order valence-electron chi connectivity index (χ4n) is 1.68. The third kappa shape index (κ3) is 1.40. The van der Waals surface area contributed by atoms with Crippen molar-refractivity contribution in [2.75, 3.05) is 0 Å². The van der Waals surface area contributed by atoms with Crippen molar-refractivity contribution in [2.45, 2.75) is 0 Å². The Labute approximate surface area is 92.6 Å². The van der Waals surface area contributed by atoms with Crippen LogP contribution in [-0.2, 0) is 0 Å². The van der Waals surface area contributed by atoms with Gasteiger partial charge in [-0.1, -0.05) is 30.3 Å². The molecule has 0 aliphatic rings. The Morgan fingerprint density at radius 3 is 2.62 bits per heavy atom. The van der Waals surface area contributed by atoms with Crippen molar-refractivity contribution in [3.8, 4) is 17.2 Å². The fourth-order valence-corrected chi connectivity index (χ4v) is 1.68. The lowest BCUT2D eigenvalue weighted by atomic mass is 10.2. The van der Waals surface area contributed by atoms with E-state index in [0.29, 0.717) is 0 Å². The van der Waals surface area contributed by atoms with Crippen LogP contribution in [0.1, 0.15) is 0 Å². The maximum Gasteiger partial charge on any atom is 0.145 e. The number of imidazole rings is 1. The summed E-state index contributed by atoms with van der Waals surface area (Å²) in [7, 11) is 0. The number of nitrogens with one attached hydrogen (secondary N) is 1. The Morgan fingerprint density at radius 2 is 1.88 bits per heavy atom. The summed E-state index contributed by atoms with van der Waals surface area (Å²) in [6.07, 6.45) is 5.42. The van der Waals surface area contributed by atoms with E-state index in [0.717, 1.165) is 17.2 Å². The molecule has 0 spiro atoms. The largest absolute Gasteiger partial charge is 0.284 e. The van der Waals surface area contributed by atoms with Gasteiger partial charge in [-0.15, -0.1) is 0 Å². The molecule has 0 saturated carbocycles. The van der Waals surface area contributed by atoms with Crippen molar-refractivity contribution >= 4 is 0 Å². The highest BCUT2D eigenvalue weighted by atomic mass is 15.2. The van der Waals surface area contributed by atoms with E-state index in [1.165, 1.54) is 0 Å². The monoisotopic (exact) mass is 210 g/mol. The Morgan fingerprint density at radius 1 is 1.00 bits per heavy atom. The van der Waals surface area contributed by atoms with Crippen LogP contribution in [0.5, 0.6) is 0 Å². The van der Waals surface area contributed by atoms with E-state index in [-0.39, 0.29) is 0 Å². The summed E-state index contributed by atoms with van der Waals surface area (Å²) >= 11 is 0. The van der Waals surface area contributed by atoms with Gasteiger partial charge in [0.15, 0.2) is 0 Å². The molecule has 2 aromatic heterocycles. The second-order valence-electron chi connectivity index (χ2n) is 3.43. The van der Waals surface area contributed by atoms with Crippen molar-refractivity contribution in [1.82, 2.24) is 19.7 Å². The van der Waals surface area contributed by atoms with Gasteiger partial charge in [0, 0.05) is 24.0 Å². The van der Waals surface area contributed by atoms with Crippen molar-refractivity contribution in [2.24, 2.45) is 0 Å². The van der Waals surface area contributed by atoms with Gasteiger partial charge in [-0.3, -0.25) is 9.67 Å². The summed E-state index contributed by atoms with van der Waals surface area (Å²) in [6, 6.07) is 12.0. The van der Waals surface area contributed by atoms with Crippen LogP contribution in [0.3, 0.4) is 0 Å². The molecule has 4 nitrogen and oxygen atoms in total. The van der Waals surface area contributed by atoms with Gasteiger partial charge in [-0.2, -0.15) is 5.10 Å². The fraction of sp³-hybridized carbons (Fsp3) is 0. The number of nitrogens with zero attached hydrogens (tertiary/aromatic N) is 3. The standard InChI is InChI=1S/C12H10N4/c1-2-4-10(5-3-1)12-13-8-9-16(12)11-6-7-14-15-11/h1-9H,(H,14,15). The molecule has 0 saturated heterocycles. The van der Waals surface area contributed by atoms with Gasteiger partial charge in [-0.25, -0.2) is 4.98 Å². The van der Waals surface area contributed by atoms with Crippen LogP contribution in [0, 0.1) is 0 Å².